The van der Waals surface area contributed by atoms with Gasteiger partial charge in [0.05, 0.1) is 23.9 Å². The van der Waals surface area contributed by atoms with Gasteiger partial charge in [-0.15, -0.1) is 0 Å². The molecule has 0 amide bonds. The Kier molecular flexibility index (Phi) is 5.55. The van der Waals surface area contributed by atoms with Crippen molar-refractivity contribution in [1.82, 2.24) is 19.7 Å². The molecule has 0 N–H and O–H groups in total. The molecule has 3 rings (SSSR count). The minimum atomic E-state index is -0.312. The van der Waals surface area contributed by atoms with Crippen molar-refractivity contribution in [2.24, 2.45) is 0 Å². The van der Waals surface area contributed by atoms with E-state index >= 15 is 0 Å². The summed E-state index contributed by atoms with van der Waals surface area (Å²) in [6.07, 6.45) is 3.83. The molecule has 0 bridgehead atoms. The molecule has 2 aromatic heterocycles. The largest absolute Gasteiger partial charge is 0.465 e. The van der Waals surface area contributed by atoms with Crippen molar-refractivity contribution in [2.75, 3.05) is 6.61 Å². The third kappa shape index (κ3) is 3.77. The lowest BCUT2D eigenvalue weighted by Gasteiger charge is -2.12. The normalized spacial score (nSPS) is 12.3. The molecule has 0 aliphatic carbocycles. The van der Waals surface area contributed by atoms with E-state index in [1.807, 2.05) is 25.1 Å². The number of nitrogens with zero attached hydrogens (tertiary/aromatic N) is 4. The smallest absolute Gasteiger partial charge is 0.319 e. The summed E-state index contributed by atoms with van der Waals surface area (Å²) in [6, 6.07) is 7.38. The number of carbonyl (C=O) groups is 1. The highest BCUT2D eigenvalue weighted by atomic mass is 35.5. The van der Waals surface area contributed by atoms with Gasteiger partial charge in [0.15, 0.2) is 5.65 Å². The van der Waals surface area contributed by atoms with Gasteiger partial charge in [-0.05, 0) is 31.5 Å². The van der Waals surface area contributed by atoms with Crippen LogP contribution >= 0.6 is 23.4 Å². The van der Waals surface area contributed by atoms with E-state index < -0.39 is 0 Å². The van der Waals surface area contributed by atoms with Gasteiger partial charge >= 0.3 is 5.97 Å². The van der Waals surface area contributed by atoms with Crippen LogP contribution in [0.5, 0.6) is 0 Å². The molecule has 0 fully saturated rings. The molecule has 0 aliphatic rings. The van der Waals surface area contributed by atoms with Crippen LogP contribution in [0.2, 0.25) is 5.02 Å². The predicted octanol–water partition coefficient (Wildman–Crippen LogP) is 3.90. The number of rotatable bonds is 6. The van der Waals surface area contributed by atoms with E-state index in [2.05, 4.69) is 15.1 Å². The lowest BCUT2D eigenvalue weighted by molar-refractivity contribution is -0.142. The van der Waals surface area contributed by atoms with Gasteiger partial charge in [0, 0.05) is 5.02 Å². The molecular weight excluding hydrogens is 360 g/mol. The first-order chi connectivity index (χ1) is 12.1. The van der Waals surface area contributed by atoms with E-state index in [9.17, 15) is 4.79 Å². The molecule has 0 saturated heterocycles. The highest BCUT2D eigenvalue weighted by Gasteiger charge is 2.22. The number of halogens is 1. The number of aromatic nitrogens is 4. The Bertz CT molecular complexity index is 899. The lowest BCUT2D eigenvalue weighted by Crippen LogP contribution is -2.19. The Hall–Kier alpha value is -2.12. The molecule has 130 valence electrons. The molecule has 0 radical (unpaired) electrons. The van der Waals surface area contributed by atoms with Crippen molar-refractivity contribution in [2.45, 2.75) is 30.5 Å². The molecular formula is C17H17ClN4O2S. The summed E-state index contributed by atoms with van der Waals surface area (Å²) in [5, 5.41) is 6.21. The number of carbonyl (C=O) groups excluding carboxylic acids is 1. The highest BCUT2D eigenvalue weighted by molar-refractivity contribution is 8.00. The Morgan fingerprint density at radius 1 is 1.36 bits per heavy atom. The van der Waals surface area contributed by atoms with Gasteiger partial charge < -0.3 is 4.74 Å². The fourth-order valence-electron chi connectivity index (χ4n) is 2.38. The summed E-state index contributed by atoms with van der Waals surface area (Å²) in [5.74, 6) is -0.232. The number of hydrogen-bond donors (Lipinski definition) is 0. The maximum atomic E-state index is 12.1. The summed E-state index contributed by atoms with van der Waals surface area (Å²) in [4.78, 5) is 20.7. The third-order valence-corrected chi connectivity index (χ3v) is 5.15. The molecule has 2 heterocycles. The molecule has 0 spiro atoms. The van der Waals surface area contributed by atoms with Gasteiger partial charge in [0.1, 0.15) is 16.6 Å². The van der Waals surface area contributed by atoms with Crippen LogP contribution in [0.1, 0.15) is 20.3 Å². The molecule has 0 unspecified atom stereocenters. The van der Waals surface area contributed by atoms with Crippen molar-refractivity contribution in [3.8, 4) is 5.69 Å². The zero-order valence-electron chi connectivity index (χ0n) is 13.8. The first kappa shape index (κ1) is 17.7. The average Bonchev–Trinajstić information content (AvgIpc) is 3.04. The molecule has 6 nitrogen and oxygen atoms in total. The van der Waals surface area contributed by atoms with Gasteiger partial charge in [0.2, 0.25) is 0 Å². The van der Waals surface area contributed by atoms with Crippen LogP contribution in [0.3, 0.4) is 0 Å². The number of fused-ring (bicyclic) bond motifs is 1. The summed E-state index contributed by atoms with van der Waals surface area (Å²) in [7, 11) is 0. The van der Waals surface area contributed by atoms with Crippen LogP contribution < -0.4 is 0 Å². The summed E-state index contributed by atoms with van der Waals surface area (Å²) < 4.78 is 6.83. The Balaban J connectivity index is 1.97. The molecule has 25 heavy (non-hydrogen) atoms. The van der Waals surface area contributed by atoms with Crippen LogP contribution in [-0.2, 0) is 9.53 Å². The summed E-state index contributed by atoms with van der Waals surface area (Å²) in [5.41, 5.74) is 1.48. The van der Waals surface area contributed by atoms with Crippen LogP contribution in [-0.4, -0.2) is 37.6 Å². The highest BCUT2D eigenvalue weighted by Crippen LogP contribution is 2.31. The van der Waals surface area contributed by atoms with E-state index in [0.29, 0.717) is 28.7 Å². The van der Waals surface area contributed by atoms with Crippen LogP contribution in [0.25, 0.3) is 16.7 Å². The molecule has 3 aromatic rings. The van der Waals surface area contributed by atoms with E-state index in [1.165, 1.54) is 18.1 Å². The fourth-order valence-corrected chi connectivity index (χ4v) is 3.55. The molecule has 1 aromatic carbocycles. The first-order valence-corrected chi connectivity index (χ1v) is 9.17. The summed E-state index contributed by atoms with van der Waals surface area (Å²) >= 11 is 7.44. The second kappa shape index (κ2) is 7.84. The zero-order chi connectivity index (χ0) is 17.8. The second-order valence-electron chi connectivity index (χ2n) is 5.22. The van der Waals surface area contributed by atoms with E-state index in [0.717, 1.165) is 11.1 Å². The van der Waals surface area contributed by atoms with Crippen molar-refractivity contribution in [3.63, 3.8) is 0 Å². The molecule has 8 heteroatoms. The molecule has 0 saturated carbocycles. The number of benzene rings is 1. The number of hydrogen-bond acceptors (Lipinski definition) is 6. The zero-order valence-corrected chi connectivity index (χ0v) is 15.4. The van der Waals surface area contributed by atoms with E-state index in [-0.39, 0.29) is 11.2 Å². The quantitative estimate of drug-likeness (QED) is 0.369. The van der Waals surface area contributed by atoms with Crippen molar-refractivity contribution >= 4 is 40.4 Å². The van der Waals surface area contributed by atoms with Gasteiger partial charge in [-0.25, -0.2) is 14.6 Å². The second-order valence-corrected chi connectivity index (χ2v) is 6.85. The SMILES string of the molecule is CCOC(=O)[C@H](CC)Sc1ncnc2c1cnn2-c1cccc(Cl)c1. The summed E-state index contributed by atoms with van der Waals surface area (Å²) in [6.45, 7) is 4.11. The topological polar surface area (TPSA) is 69.9 Å². The van der Waals surface area contributed by atoms with Crippen LogP contribution in [0, 0.1) is 0 Å². The Morgan fingerprint density at radius 2 is 2.20 bits per heavy atom. The Labute approximate surface area is 154 Å². The minimum Gasteiger partial charge on any atom is -0.465 e. The van der Waals surface area contributed by atoms with Crippen molar-refractivity contribution in [3.05, 3.63) is 41.8 Å². The standard InChI is InChI=1S/C17H17ClN4O2S/c1-3-14(17(23)24-4-2)25-16-13-9-21-22(15(13)19-10-20-16)12-7-5-6-11(18)8-12/h5-10,14H,3-4H2,1-2H3/t14-/m0/s1. The maximum Gasteiger partial charge on any atom is 0.319 e. The number of thioether (sulfide) groups is 1. The van der Waals surface area contributed by atoms with Crippen LogP contribution in [0.4, 0.5) is 0 Å². The number of esters is 1. The predicted molar refractivity (Wildman–Crippen MR) is 98.2 cm³/mol. The molecule has 1 atom stereocenters. The Morgan fingerprint density at radius 3 is 2.92 bits per heavy atom. The third-order valence-electron chi connectivity index (χ3n) is 3.56. The fraction of sp³-hybridized carbons (Fsp3) is 0.294. The van der Waals surface area contributed by atoms with Crippen molar-refractivity contribution < 1.29 is 9.53 Å². The van der Waals surface area contributed by atoms with E-state index in [4.69, 9.17) is 16.3 Å². The van der Waals surface area contributed by atoms with Gasteiger partial charge in [-0.2, -0.15) is 5.10 Å². The van der Waals surface area contributed by atoms with Crippen LogP contribution in [0.15, 0.2) is 41.8 Å². The number of ether oxygens (including phenoxy) is 1. The van der Waals surface area contributed by atoms with Crippen molar-refractivity contribution in [1.29, 1.82) is 0 Å². The van der Waals surface area contributed by atoms with E-state index in [1.54, 1.807) is 23.9 Å². The van der Waals surface area contributed by atoms with Gasteiger partial charge in [0.25, 0.3) is 0 Å². The first-order valence-electron chi connectivity index (χ1n) is 7.92. The maximum absolute atomic E-state index is 12.1. The minimum absolute atomic E-state index is 0.232. The molecule has 0 aliphatic heterocycles. The monoisotopic (exact) mass is 376 g/mol. The van der Waals surface area contributed by atoms with Gasteiger partial charge in [-0.1, -0.05) is 36.4 Å². The average molecular weight is 377 g/mol. The lowest BCUT2D eigenvalue weighted by atomic mass is 10.3. The van der Waals surface area contributed by atoms with Gasteiger partial charge in [-0.3, -0.25) is 4.79 Å².